The molecule has 0 N–H and O–H groups in total. The van der Waals surface area contributed by atoms with Crippen molar-refractivity contribution >= 4 is 15.7 Å². The molecule has 2 aromatic rings. The summed E-state index contributed by atoms with van der Waals surface area (Å²) < 4.78 is 28.1. The highest BCUT2D eigenvalue weighted by molar-refractivity contribution is 7.89. The Morgan fingerprint density at radius 2 is 1.92 bits per heavy atom. The van der Waals surface area contributed by atoms with Gasteiger partial charge in [0.15, 0.2) is 0 Å². The Morgan fingerprint density at radius 1 is 1.12 bits per heavy atom. The van der Waals surface area contributed by atoms with E-state index in [1.165, 1.54) is 11.3 Å². The van der Waals surface area contributed by atoms with E-state index in [2.05, 4.69) is 23.1 Å². The molecule has 2 heterocycles. The molecule has 0 saturated carbocycles. The largest absolute Gasteiger partial charge is 0.367 e. The molecule has 2 aliphatic heterocycles. The summed E-state index contributed by atoms with van der Waals surface area (Å²) in [6.45, 7) is 3.56. The maximum absolute atomic E-state index is 13.3. The molecule has 0 amide bonds. The highest BCUT2D eigenvalue weighted by Gasteiger charge is 2.37. The topological polar surface area (TPSA) is 64.4 Å². The molecule has 26 heavy (non-hydrogen) atoms. The molecule has 2 aliphatic rings. The van der Waals surface area contributed by atoms with Gasteiger partial charge in [-0.2, -0.15) is 9.57 Å². The molecule has 0 radical (unpaired) electrons. The summed E-state index contributed by atoms with van der Waals surface area (Å²) in [7, 11) is -3.69. The summed E-state index contributed by atoms with van der Waals surface area (Å²) in [5, 5.41) is 9.44. The number of hydrogen-bond donors (Lipinski definition) is 0. The molecule has 1 unspecified atom stereocenters. The van der Waals surface area contributed by atoms with Crippen LogP contribution in [0.1, 0.15) is 23.1 Å². The smallest absolute Gasteiger partial charge is 0.244 e. The standard InChI is InChI=1S/C20H21N3O2S/c1-15-6-4-9-20(18(15)13-21)26(24,25)22-10-5-11-23-17(14-22)12-16-7-2-3-8-19(16)23/h2-4,6-9,17H,5,10-12,14H2,1H3. The fraction of sp³-hybridized carbons (Fsp3) is 0.350. The Bertz CT molecular complexity index is 994. The molecule has 5 nitrogen and oxygen atoms in total. The van der Waals surface area contributed by atoms with Crippen molar-refractivity contribution in [2.75, 3.05) is 24.5 Å². The van der Waals surface area contributed by atoms with Gasteiger partial charge >= 0.3 is 0 Å². The molecule has 0 aliphatic carbocycles. The molecule has 4 rings (SSSR count). The van der Waals surface area contributed by atoms with Gasteiger partial charge in [0.1, 0.15) is 11.0 Å². The second kappa shape index (κ2) is 6.42. The maximum atomic E-state index is 13.3. The molecule has 1 atom stereocenters. The quantitative estimate of drug-likeness (QED) is 0.819. The first kappa shape index (κ1) is 17.1. The van der Waals surface area contributed by atoms with E-state index in [0.29, 0.717) is 18.7 Å². The highest BCUT2D eigenvalue weighted by Crippen LogP contribution is 2.35. The van der Waals surface area contributed by atoms with E-state index in [0.717, 1.165) is 19.4 Å². The van der Waals surface area contributed by atoms with E-state index in [-0.39, 0.29) is 16.5 Å². The van der Waals surface area contributed by atoms with Crippen molar-refractivity contribution < 1.29 is 8.42 Å². The van der Waals surface area contributed by atoms with Crippen molar-refractivity contribution in [1.82, 2.24) is 4.31 Å². The number of hydrogen-bond acceptors (Lipinski definition) is 4. The minimum Gasteiger partial charge on any atom is -0.367 e. The number of nitriles is 1. The molecule has 1 saturated heterocycles. The van der Waals surface area contributed by atoms with Gasteiger partial charge in [0.25, 0.3) is 0 Å². The van der Waals surface area contributed by atoms with Gasteiger partial charge in [-0.25, -0.2) is 8.42 Å². The minimum absolute atomic E-state index is 0.129. The summed E-state index contributed by atoms with van der Waals surface area (Å²) >= 11 is 0. The van der Waals surface area contributed by atoms with Crippen molar-refractivity contribution in [3.05, 3.63) is 59.2 Å². The van der Waals surface area contributed by atoms with Crippen LogP contribution in [0.15, 0.2) is 47.4 Å². The normalized spacial score (nSPS) is 20.2. The molecule has 134 valence electrons. The van der Waals surface area contributed by atoms with Gasteiger partial charge in [-0.3, -0.25) is 0 Å². The van der Waals surface area contributed by atoms with Gasteiger partial charge in [-0.1, -0.05) is 30.3 Å². The Labute approximate surface area is 154 Å². The maximum Gasteiger partial charge on any atom is 0.244 e. The van der Waals surface area contributed by atoms with Crippen LogP contribution in [0.3, 0.4) is 0 Å². The van der Waals surface area contributed by atoms with Crippen LogP contribution in [0.2, 0.25) is 0 Å². The van der Waals surface area contributed by atoms with E-state index >= 15 is 0 Å². The molecule has 2 aromatic carbocycles. The van der Waals surface area contributed by atoms with Gasteiger partial charge in [-0.15, -0.1) is 0 Å². The predicted octanol–water partition coefficient (Wildman–Crippen LogP) is 2.69. The molecule has 0 bridgehead atoms. The summed E-state index contributed by atoms with van der Waals surface area (Å²) in [4.78, 5) is 2.47. The second-order valence-electron chi connectivity index (χ2n) is 6.96. The fourth-order valence-electron chi connectivity index (χ4n) is 4.09. The summed E-state index contributed by atoms with van der Waals surface area (Å²) in [5.74, 6) is 0. The Kier molecular flexibility index (Phi) is 4.22. The second-order valence-corrected chi connectivity index (χ2v) is 8.86. The van der Waals surface area contributed by atoms with Crippen LogP contribution < -0.4 is 4.90 Å². The summed E-state index contributed by atoms with van der Waals surface area (Å²) in [5.41, 5.74) is 3.46. The van der Waals surface area contributed by atoms with Crippen molar-refractivity contribution in [2.45, 2.75) is 30.7 Å². The minimum atomic E-state index is -3.69. The molecule has 6 heteroatoms. The van der Waals surface area contributed by atoms with Crippen LogP contribution in [0.5, 0.6) is 0 Å². The van der Waals surface area contributed by atoms with Crippen molar-refractivity contribution in [3.63, 3.8) is 0 Å². The van der Waals surface area contributed by atoms with Gasteiger partial charge in [-0.05, 0) is 43.0 Å². The average Bonchev–Trinajstić information content (AvgIpc) is 2.83. The van der Waals surface area contributed by atoms with E-state index in [4.69, 9.17) is 0 Å². The number of fused-ring (bicyclic) bond motifs is 3. The van der Waals surface area contributed by atoms with E-state index < -0.39 is 10.0 Å². The van der Waals surface area contributed by atoms with Gasteiger partial charge < -0.3 is 4.90 Å². The van der Waals surface area contributed by atoms with Crippen LogP contribution in [0.25, 0.3) is 0 Å². The Morgan fingerprint density at radius 3 is 2.73 bits per heavy atom. The third-order valence-electron chi connectivity index (χ3n) is 5.38. The number of aryl methyl sites for hydroxylation is 1. The first-order chi connectivity index (χ1) is 12.5. The number of rotatable bonds is 2. The zero-order chi connectivity index (χ0) is 18.3. The van der Waals surface area contributed by atoms with Crippen LogP contribution in [-0.4, -0.2) is 38.4 Å². The summed E-state index contributed by atoms with van der Waals surface area (Å²) in [6, 6.07) is 15.6. The predicted molar refractivity (Wildman–Crippen MR) is 101 cm³/mol. The lowest BCUT2D eigenvalue weighted by atomic mass is 10.1. The first-order valence-electron chi connectivity index (χ1n) is 8.87. The summed E-state index contributed by atoms with van der Waals surface area (Å²) in [6.07, 6.45) is 1.64. The number of para-hydroxylation sites is 1. The van der Waals surface area contributed by atoms with Crippen LogP contribution in [-0.2, 0) is 16.4 Å². The van der Waals surface area contributed by atoms with E-state index in [1.54, 1.807) is 29.4 Å². The number of nitrogens with zero attached hydrogens (tertiary/aromatic N) is 3. The van der Waals surface area contributed by atoms with Crippen molar-refractivity contribution in [1.29, 1.82) is 5.26 Å². The van der Waals surface area contributed by atoms with Gasteiger partial charge in [0.05, 0.1) is 5.56 Å². The lowest BCUT2D eigenvalue weighted by Crippen LogP contribution is -2.41. The van der Waals surface area contributed by atoms with Crippen LogP contribution in [0, 0.1) is 18.3 Å². The molecule has 0 aromatic heterocycles. The van der Waals surface area contributed by atoms with Crippen molar-refractivity contribution in [2.24, 2.45) is 0 Å². The Balaban J connectivity index is 1.68. The number of sulfonamides is 1. The van der Waals surface area contributed by atoms with Crippen LogP contribution in [0.4, 0.5) is 5.69 Å². The lowest BCUT2D eigenvalue weighted by Gasteiger charge is -2.27. The van der Waals surface area contributed by atoms with Gasteiger partial charge in [0.2, 0.25) is 10.0 Å². The third kappa shape index (κ3) is 2.68. The van der Waals surface area contributed by atoms with E-state index in [1.807, 2.05) is 12.1 Å². The molecule has 0 spiro atoms. The highest BCUT2D eigenvalue weighted by atomic mass is 32.2. The monoisotopic (exact) mass is 367 g/mol. The number of benzene rings is 2. The van der Waals surface area contributed by atoms with E-state index in [9.17, 15) is 13.7 Å². The molecular weight excluding hydrogens is 346 g/mol. The Hall–Kier alpha value is -2.36. The van der Waals surface area contributed by atoms with Crippen molar-refractivity contribution in [3.8, 4) is 6.07 Å². The zero-order valence-electron chi connectivity index (χ0n) is 14.7. The van der Waals surface area contributed by atoms with Crippen LogP contribution >= 0.6 is 0 Å². The fourth-order valence-corrected chi connectivity index (χ4v) is 5.82. The van der Waals surface area contributed by atoms with Gasteiger partial charge in [0, 0.05) is 31.4 Å². The average molecular weight is 367 g/mol. The third-order valence-corrected chi connectivity index (χ3v) is 7.29. The molecular formula is C20H21N3O2S. The lowest BCUT2D eigenvalue weighted by molar-refractivity contribution is 0.405. The first-order valence-corrected chi connectivity index (χ1v) is 10.3. The molecule has 1 fully saturated rings. The zero-order valence-corrected chi connectivity index (χ0v) is 15.5. The SMILES string of the molecule is Cc1cccc(S(=O)(=O)N2CCCN3c4ccccc4CC3C2)c1C#N. The number of anilines is 1.